The van der Waals surface area contributed by atoms with E-state index in [1.165, 1.54) is 0 Å². The first-order valence-electron chi connectivity index (χ1n) is 6.60. The molecule has 21 heavy (non-hydrogen) atoms. The van der Waals surface area contributed by atoms with Crippen molar-refractivity contribution in [2.45, 2.75) is 6.54 Å². The monoisotopic (exact) mass is 296 g/mol. The van der Waals surface area contributed by atoms with Crippen molar-refractivity contribution in [1.82, 2.24) is 10.3 Å². The first kappa shape index (κ1) is 13.6. The van der Waals surface area contributed by atoms with Gasteiger partial charge >= 0.3 is 0 Å². The molecule has 0 bridgehead atoms. The molecule has 1 aromatic heterocycles. The first-order chi connectivity index (χ1) is 10.2. The van der Waals surface area contributed by atoms with E-state index in [-0.39, 0.29) is 5.91 Å². The van der Waals surface area contributed by atoms with Crippen LogP contribution in [0.1, 0.15) is 16.1 Å². The highest BCUT2D eigenvalue weighted by Crippen LogP contribution is 2.16. The highest BCUT2D eigenvalue weighted by atomic mass is 35.5. The van der Waals surface area contributed by atoms with Gasteiger partial charge in [0.2, 0.25) is 0 Å². The van der Waals surface area contributed by atoms with Gasteiger partial charge in [-0.2, -0.15) is 0 Å². The Labute approximate surface area is 127 Å². The molecule has 2 aromatic carbocycles. The highest BCUT2D eigenvalue weighted by molar-refractivity contribution is 6.30. The fourth-order valence-electron chi connectivity index (χ4n) is 2.17. The lowest BCUT2D eigenvalue weighted by atomic mass is 10.1. The van der Waals surface area contributed by atoms with Crippen LogP contribution in [-0.2, 0) is 6.54 Å². The lowest BCUT2D eigenvalue weighted by Gasteiger charge is -2.07. The highest BCUT2D eigenvalue weighted by Gasteiger charge is 2.10. The zero-order valence-corrected chi connectivity index (χ0v) is 12.0. The summed E-state index contributed by atoms with van der Waals surface area (Å²) in [4.78, 5) is 16.5. The number of carbonyl (C=O) groups excluding carboxylic acids is 1. The third kappa shape index (κ3) is 3.03. The van der Waals surface area contributed by atoms with E-state index >= 15 is 0 Å². The fourth-order valence-corrected chi connectivity index (χ4v) is 2.29. The second-order valence-electron chi connectivity index (χ2n) is 4.69. The summed E-state index contributed by atoms with van der Waals surface area (Å²) in [6.07, 6.45) is 1.65. The molecule has 0 aliphatic carbocycles. The van der Waals surface area contributed by atoms with E-state index in [9.17, 15) is 4.79 Å². The Bertz CT molecular complexity index is 779. The van der Waals surface area contributed by atoms with Gasteiger partial charge in [-0.1, -0.05) is 48.0 Å². The maximum atomic E-state index is 12.3. The fraction of sp³-hybridized carbons (Fsp3) is 0.0588. The third-order valence-corrected chi connectivity index (χ3v) is 3.51. The summed E-state index contributed by atoms with van der Waals surface area (Å²) in [5.74, 6) is -0.179. The van der Waals surface area contributed by atoms with Gasteiger partial charge in [0.15, 0.2) is 0 Å². The topological polar surface area (TPSA) is 42.0 Å². The number of amides is 1. The van der Waals surface area contributed by atoms with Gasteiger partial charge < -0.3 is 5.32 Å². The molecule has 1 amide bonds. The molecule has 0 fully saturated rings. The van der Waals surface area contributed by atoms with Gasteiger partial charge in [-0.3, -0.25) is 9.78 Å². The summed E-state index contributed by atoms with van der Waals surface area (Å²) in [7, 11) is 0. The van der Waals surface area contributed by atoms with Crippen LogP contribution in [0.3, 0.4) is 0 Å². The molecular weight excluding hydrogens is 284 g/mol. The normalized spacial score (nSPS) is 10.5. The molecule has 0 aliphatic heterocycles. The van der Waals surface area contributed by atoms with Crippen LogP contribution in [0.2, 0.25) is 5.02 Å². The van der Waals surface area contributed by atoms with Gasteiger partial charge in [0, 0.05) is 23.2 Å². The maximum Gasteiger partial charge on any atom is 0.270 e. The molecule has 104 valence electrons. The number of halogens is 1. The molecule has 0 spiro atoms. The van der Waals surface area contributed by atoms with Crippen molar-refractivity contribution in [1.29, 1.82) is 0 Å². The molecule has 0 atom stereocenters. The lowest BCUT2D eigenvalue weighted by molar-refractivity contribution is 0.0948. The minimum atomic E-state index is -0.179. The maximum absolute atomic E-state index is 12.3. The molecule has 3 aromatic rings. The van der Waals surface area contributed by atoms with Gasteiger partial charge in [-0.25, -0.2) is 0 Å². The van der Waals surface area contributed by atoms with Crippen LogP contribution in [0, 0.1) is 0 Å². The molecule has 3 nitrogen and oxygen atoms in total. The largest absolute Gasteiger partial charge is 0.347 e. The molecule has 1 heterocycles. The van der Waals surface area contributed by atoms with Crippen molar-refractivity contribution >= 4 is 28.3 Å². The summed E-state index contributed by atoms with van der Waals surface area (Å²) >= 11 is 5.84. The van der Waals surface area contributed by atoms with Crippen molar-refractivity contribution in [2.75, 3.05) is 0 Å². The van der Waals surface area contributed by atoms with Gasteiger partial charge in [-0.15, -0.1) is 0 Å². The van der Waals surface area contributed by atoms with Crippen molar-refractivity contribution in [3.63, 3.8) is 0 Å². The van der Waals surface area contributed by atoms with E-state index in [1.54, 1.807) is 18.3 Å². The Morgan fingerprint density at radius 2 is 1.81 bits per heavy atom. The van der Waals surface area contributed by atoms with Gasteiger partial charge in [-0.05, 0) is 29.1 Å². The predicted molar refractivity (Wildman–Crippen MR) is 84.4 cm³/mol. The molecule has 1 N–H and O–H groups in total. The molecule has 0 radical (unpaired) electrons. The van der Waals surface area contributed by atoms with Crippen molar-refractivity contribution < 1.29 is 4.79 Å². The number of hydrogen-bond donors (Lipinski definition) is 1. The average molecular weight is 297 g/mol. The van der Waals surface area contributed by atoms with E-state index in [2.05, 4.69) is 10.3 Å². The number of nitrogens with one attached hydrogen (secondary N) is 1. The zero-order chi connectivity index (χ0) is 14.7. The Hall–Kier alpha value is -2.39. The quantitative estimate of drug-likeness (QED) is 0.798. The van der Waals surface area contributed by atoms with Crippen molar-refractivity contribution in [3.8, 4) is 0 Å². The van der Waals surface area contributed by atoms with Crippen LogP contribution in [0.5, 0.6) is 0 Å². The van der Waals surface area contributed by atoms with Gasteiger partial charge in [0.25, 0.3) is 5.91 Å². The number of aromatic nitrogens is 1. The molecular formula is C17H13ClN2O. The average Bonchev–Trinajstić information content (AvgIpc) is 2.53. The number of carbonyl (C=O) groups is 1. The van der Waals surface area contributed by atoms with Crippen LogP contribution in [-0.4, -0.2) is 10.9 Å². The molecule has 0 saturated heterocycles. The van der Waals surface area contributed by atoms with Crippen molar-refractivity contribution in [2.24, 2.45) is 0 Å². The minimum Gasteiger partial charge on any atom is -0.347 e. The molecule has 4 heteroatoms. The van der Waals surface area contributed by atoms with Gasteiger partial charge in [0.05, 0.1) is 0 Å². The van der Waals surface area contributed by atoms with Crippen LogP contribution in [0.4, 0.5) is 0 Å². The van der Waals surface area contributed by atoms with E-state index in [1.807, 2.05) is 42.5 Å². The SMILES string of the molecule is O=C(NCc1ccc(Cl)cc1)c1nccc2ccccc12. The number of hydrogen-bond acceptors (Lipinski definition) is 2. The van der Waals surface area contributed by atoms with Crippen LogP contribution in [0.15, 0.2) is 60.8 Å². The van der Waals surface area contributed by atoms with Crippen molar-refractivity contribution in [3.05, 3.63) is 77.1 Å². The summed E-state index contributed by atoms with van der Waals surface area (Å²) in [6, 6.07) is 17.0. The molecule has 3 rings (SSSR count). The summed E-state index contributed by atoms with van der Waals surface area (Å²) < 4.78 is 0. The molecule has 0 aliphatic rings. The predicted octanol–water partition coefficient (Wildman–Crippen LogP) is 3.82. The Morgan fingerprint density at radius 3 is 2.62 bits per heavy atom. The number of nitrogens with zero attached hydrogens (tertiary/aromatic N) is 1. The Morgan fingerprint density at radius 1 is 1.05 bits per heavy atom. The van der Waals surface area contributed by atoms with E-state index in [0.717, 1.165) is 16.3 Å². The number of pyridine rings is 1. The number of fused-ring (bicyclic) bond motifs is 1. The summed E-state index contributed by atoms with van der Waals surface area (Å²) in [5, 5.41) is 5.42. The van der Waals surface area contributed by atoms with E-state index in [0.29, 0.717) is 17.3 Å². The van der Waals surface area contributed by atoms with Gasteiger partial charge in [0.1, 0.15) is 5.69 Å². The van der Waals surface area contributed by atoms with Crippen LogP contribution >= 0.6 is 11.6 Å². The minimum absolute atomic E-state index is 0.179. The Balaban J connectivity index is 1.79. The lowest BCUT2D eigenvalue weighted by Crippen LogP contribution is -2.24. The first-order valence-corrected chi connectivity index (χ1v) is 6.98. The second-order valence-corrected chi connectivity index (χ2v) is 5.13. The van der Waals surface area contributed by atoms with E-state index < -0.39 is 0 Å². The van der Waals surface area contributed by atoms with E-state index in [4.69, 9.17) is 11.6 Å². The Kier molecular flexibility index (Phi) is 3.84. The number of benzene rings is 2. The van der Waals surface area contributed by atoms with Crippen LogP contribution < -0.4 is 5.32 Å². The summed E-state index contributed by atoms with van der Waals surface area (Å²) in [5.41, 5.74) is 1.44. The smallest absolute Gasteiger partial charge is 0.270 e. The standard InChI is InChI=1S/C17H13ClN2O/c18-14-7-5-12(6-8-14)11-20-17(21)16-15-4-2-1-3-13(15)9-10-19-16/h1-10H,11H2,(H,20,21). The zero-order valence-electron chi connectivity index (χ0n) is 11.2. The van der Waals surface area contributed by atoms with Crippen LogP contribution in [0.25, 0.3) is 10.8 Å². The molecule has 0 unspecified atom stereocenters. The second kappa shape index (κ2) is 5.94. The third-order valence-electron chi connectivity index (χ3n) is 3.26. The number of rotatable bonds is 3. The summed E-state index contributed by atoms with van der Waals surface area (Å²) in [6.45, 7) is 0.445. The molecule has 0 saturated carbocycles.